The zero-order valence-corrected chi connectivity index (χ0v) is 12.5. The quantitative estimate of drug-likeness (QED) is 0.666. The SMILES string of the molecule is Cc1noc(C)c1C(C)CNc1nccc(C#N)c1[N+](=O)[O-]. The molecule has 0 aliphatic carbocycles. The summed E-state index contributed by atoms with van der Waals surface area (Å²) in [5.74, 6) is 0.834. The number of nitrogens with zero attached hydrogens (tertiary/aromatic N) is 4. The molecule has 114 valence electrons. The zero-order chi connectivity index (χ0) is 16.3. The molecule has 0 saturated carbocycles. The van der Waals surface area contributed by atoms with E-state index in [-0.39, 0.29) is 23.0 Å². The number of hydrogen-bond donors (Lipinski definition) is 1. The van der Waals surface area contributed by atoms with Crippen LogP contribution in [0.2, 0.25) is 0 Å². The highest BCUT2D eigenvalue weighted by Gasteiger charge is 2.22. The highest BCUT2D eigenvalue weighted by atomic mass is 16.6. The van der Waals surface area contributed by atoms with Crippen LogP contribution in [0.15, 0.2) is 16.8 Å². The van der Waals surface area contributed by atoms with Gasteiger partial charge < -0.3 is 9.84 Å². The van der Waals surface area contributed by atoms with Gasteiger partial charge in [0.2, 0.25) is 5.82 Å². The minimum atomic E-state index is -0.603. The molecule has 22 heavy (non-hydrogen) atoms. The summed E-state index contributed by atoms with van der Waals surface area (Å²) in [6.07, 6.45) is 1.37. The van der Waals surface area contributed by atoms with Crippen molar-refractivity contribution in [1.29, 1.82) is 5.26 Å². The van der Waals surface area contributed by atoms with Gasteiger partial charge in [-0.15, -0.1) is 0 Å². The number of nitro groups is 1. The van der Waals surface area contributed by atoms with Gasteiger partial charge >= 0.3 is 5.69 Å². The van der Waals surface area contributed by atoms with Crippen LogP contribution in [0.4, 0.5) is 11.5 Å². The Kier molecular flexibility index (Phi) is 4.36. The van der Waals surface area contributed by atoms with E-state index in [0.29, 0.717) is 6.54 Å². The molecule has 0 bridgehead atoms. The molecule has 2 aromatic heterocycles. The minimum absolute atomic E-state index is 0.0208. The number of anilines is 1. The Morgan fingerprint density at radius 1 is 1.55 bits per heavy atom. The number of pyridine rings is 1. The molecule has 0 spiro atoms. The van der Waals surface area contributed by atoms with E-state index in [1.165, 1.54) is 12.3 Å². The molecule has 1 N–H and O–H groups in total. The average Bonchev–Trinajstić information content (AvgIpc) is 2.83. The van der Waals surface area contributed by atoms with Crippen molar-refractivity contribution in [1.82, 2.24) is 10.1 Å². The average molecular weight is 301 g/mol. The molecule has 0 amide bonds. The maximum absolute atomic E-state index is 11.1. The lowest BCUT2D eigenvalue weighted by Crippen LogP contribution is -2.13. The maximum Gasteiger partial charge on any atom is 0.328 e. The fourth-order valence-electron chi connectivity index (χ4n) is 2.40. The third kappa shape index (κ3) is 2.88. The fourth-order valence-corrected chi connectivity index (χ4v) is 2.40. The molecule has 8 heteroatoms. The molecule has 2 rings (SSSR count). The lowest BCUT2D eigenvalue weighted by molar-refractivity contribution is -0.384. The van der Waals surface area contributed by atoms with Crippen LogP contribution in [-0.4, -0.2) is 21.6 Å². The van der Waals surface area contributed by atoms with Gasteiger partial charge in [0.05, 0.1) is 10.6 Å². The molecule has 2 aromatic rings. The van der Waals surface area contributed by atoms with E-state index in [4.69, 9.17) is 9.78 Å². The first-order valence-electron chi connectivity index (χ1n) is 6.65. The molecule has 0 aliphatic rings. The van der Waals surface area contributed by atoms with Crippen LogP contribution in [0.1, 0.15) is 35.4 Å². The number of nitriles is 1. The zero-order valence-electron chi connectivity index (χ0n) is 12.5. The highest BCUT2D eigenvalue weighted by Crippen LogP contribution is 2.28. The summed E-state index contributed by atoms with van der Waals surface area (Å²) >= 11 is 0. The first-order chi connectivity index (χ1) is 10.5. The van der Waals surface area contributed by atoms with Crippen molar-refractivity contribution in [2.75, 3.05) is 11.9 Å². The molecular weight excluding hydrogens is 286 g/mol. The summed E-state index contributed by atoms with van der Waals surface area (Å²) in [7, 11) is 0. The second-order valence-corrected chi connectivity index (χ2v) is 4.94. The first kappa shape index (κ1) is 15.4. The van der Waals surface area contributed by atoms with Crippen molar-refractivity contribution in [2.45, 2.75) is 26.7 Å². The normalized spacial score (nSPS) is 11.7. The van der Waals surface area contributed by atoms with E-state index in [9.17, 15) is 10.1 Å². The molecule has 0 saturated heterocycles. The van der Waals surface area contributed by atoms with Gasteiger partial charge in [-0.1, -0.05) is 12.1 Å². The van der Waals surface area contributed by atoms with E-state index in [2.05, 4.69) is 15.5 Å². The highest BCUT2D eigenvalue weighted by molar-refractivity contribution is 5.64. The first-order valence-corrected chi connectivity index (χ1v) is 6.65. The summed E-state index contributed by atoms with van der Waals surface area (Å²) in [5.41, 5.74) is 1.43. The monoisotopic (exact) mass is 301 g/mol. The van der Waals surface area contributed by atoms with E-state index in [0.717, 1.165) is 17.0 Å². The molecule has 0 aromatic carbocycles. The maximum atomic E-state index is 11.1. The smallest absolute Gasteiger partial charge is 0.328 e. The Bertz CT molecular complexity index is 728. The molecular formula is C14H15N5O3. The second-order valence-electron chi connectivity index (χ2n) is 4.94. The lowest BCUT2D eigenvalue weighted by Gasteiger charge is -2.13. The number of nitrogens with one attached hydrogen (secondary N) is 1. The van der Waals surface area contributed by atoms with E-state index in [1.54, 1.807) is 6.07 Å². The summed E-state index contributed by atoms with van der Waals surface area (Å²) in [5, 5.41) is 26.9. The standard InChI is InChI=1S/C14H15N5O3/c1-8(12-9(2)18-22-10(12)3)7-17-14-13(19(20)21)11(6-15)4-5-16-14/h4-5,8H,7H2,1-3H3,(H,16,17). The van der Waals surface area contributed by atoms with Crippen LogP contribution in [0.25, 0.3) is 0 Å². The third-order valence-corrected chi connectivity index (χ3v) is 3.38. The molecule has 0 fully saturated rings. The molecule has 1 unspecified atom stereocenters. The molecule has 0 radical (unpaired) electrons. The number of rotatable bonds is 5. The number of aromatic nitrogens is 2. The molecule has 0 aliphatic heterocycles. The van der Waals surface area contributed by atoms with Gasteiger partial charge in [0, 0.05) is 24.2 Å². The van der Waals surface area contributed by atoms with Crippen molar-refractivity contribution in [3.05, 3.63) is 45.0 Å². The fraction of sp³-hybridized carbons (Fsp3) is 0.357. The second kappa shape index (κ2) is 6.22. The lowest BCUT2D eigenvalue weighted by atomic mass is 9.99. The number of hydrogen-bond acceptors (Lipinski definition) is 7. The van der Waals surface area contributed by atoms with Crippen LogP contribution >= 0.6 is 0 Å². The predicted molar refractivity (Wildman–Crippen MR) is 78.5 cm³/mol. The van der Waals surface area contributed by atoms with E-state index < -0.39 is 4.92 Å². The minimum Gasteiger partial charge on any atom is -0.364 e. The van der Waals surface area contributed by atoms with Crippen molar-refractivity contribution < 1.29 is 9.45 Å². The van der Waals surface area contributed by atoms with Gasteiger partial charge in [0.15, 0.2) is 0 Å². The Labute approximate surface area is 126 Å². The largest absolute Gasteiger partial charge is 0.364 e. The predicted octanol–water partition coefficient (Wildman–Crippen LogP) is 2.68. The van der Waals surface area contributed by atoms with Crippen LogP contribution in [0.5, 0.6) is 0 Å². The summed E-state index contributed by atoms with van der Waals surface area (Å²) < 4.78 is 5.12. The van der Waals surface area contributed by atoms with Gasteiger partial charge in [-0.3, -0.25) is 10.1 Å². The Balaban J connectivity index is 2.22. The Morgan fingerprint density at radius 3 is 2.82 bits per heavy atom. The number of aryl methyl sites for hydroxylation is 2. The van der Waals surface area contributed by atoms with E-state index >= 15 is 0 Å². The van der Waals surface area contributed by atoms with Crippen molar-refractivity contribution in [3.63, 3.8) is 0 Å². The van der Waals surface area contributed by atoms with Gasteiger partial charge in [-0.25, -0.2) is 4.98 Å². The Hall–Kier alpha value is -2.95. The Morgan fingerprint density at radius 2 is 2.27 bits per heavy atom. The van der Waals surface area contributed by atoms with Crippen LogP contribution in [0, 0.1) is 35.3 Å². The van der Waals surface area contributed by atoms with Crippen molar-refractivity contribution in [2.24, 2.45) is 0 Å². The third-order valence-electron chi connectivity index (χ3n) is 3.38. The van der Waals surface area contributed by atoms with Gasteiger partial charge in [0.1, 0.15) is 17.4 Å². The molecule has 8 nitrogen and oxygen atoms in total. The molecule has 2 heterocycles. The van der Waals surface area contributed by atoms with Gasteiger partial charge in [-0.2, -0.15) is 5.26 Å². The summed E-state index contributed by atoms with van der Waals surface area (Å²) in [4.78, 5) is 14.5. The van der Waals surface area contributed by atoms with Crippen LogP contribution < -0.4 is 5.32 Å². The summed E-state index contributed by atoms with van der Waals surface area (Å²) in [6, 6.07) is 3.12. The van der Waals surface area contributed by atoms with Crippen LogP contribution in [0.3, 0.4) is 0 Å². The summed E-state index contributed by atoms with van der Waals surface area (Å²) in [6.45, 7) is 6.04. The molecule has 1 atom stereocenters. The van der Waals surface area contributed by atoms with Gasteiger partial charge in [0.25, 0.3) is 0 Å². The van der Waals surface area contributed by atoms with Crippen LogP contribution in [-0.2, 0) is 0 Å². The van der Waals surface area contributed by atoms with E-state index in [1.807, 2.05) is 20.8 Å². The topological polar surface area (TPSA) is 118 Å². The van der Waals surface area contributed by atoms with Gasteiger partial charge in [-0.05, 0) is 19.9 Å². The van der Waals surface area contributed by atoms with Crippen molar-refractivity contribution in [3.8, 4) is 6.07 Å². The van der Waals surface area contributed by atoms with Crippen molar-refractivity contribution >= 4 is 11.5 Å².